The molecule has 0 aliphatic carbocycles. The van der Waals surface area contributed by atoms with Crippen LogP contribution in [0.5, 0.6) is 0 Å². The third-order valence-corrected chi connectivity index (χ3v) is 3.37. The van der Waals surface area contributed by atoms with Crippen molar-refractivity contribution in [3.63, 3.8) is 0 Å². The second-order valence-electron chi connectivity index (χ2n) is 5.10. The predicted molar refractivity (Wildman–Crippen MR) is 70.5 cm³/mol. The third kappa shape index (κ3) is 4.69. The molecule has 1 rings (SSSR count). The molecule has 0 aromatic carbocycles. The maximum atomic E-state index is 12.2. The van der Waals surface area contributed by atoms with Gasteiger partial charge in [-0.1, -0.05) is 0 Å². The van der Waals surface area contributed by atoms with Crippen LogP contribution in [-0.4, -0.2) is 89.2 Å². The van der Waals surface area contributed by atoms with E-state index in [4.69, 9.17) is 10.2 Å². The highest BCUT2D eigenvalue weighted by atomic mass is 16.4. The summed E-state index contributed by atoms with van der Waals surface area (Å²) in [4.78, 5) is 38.1. The van der Waals surface area contributed by atoms with E-state index in [1.165, 1.54) is 4.90 Å². The number of urea groups is 1. The van der Waals surface area contributed by atoms with Gasteiger partial charge in [-0.3, -0.25) is 9.59 Å². The van der Waals surface area contributed by atoms with Crippen molar-refractivity contribution in [2.24, 2.45) is 0 Å². The topological polar surface area (TPSA) is 101 Å². The molecule has 1 heterocycles. The number of amides is 2. The highest BCUT2D eigenvalue weighted by molar-refractivity contribution is 5.84. The van der Waals surface area contributed by atoms with Gasteiger partial charge in [0.15, 0.2) is 0 Å². The van der Waals surface area contributed by atoms with Crippen molar-refractivity contribution in [2.45, 2.75) is 18.9 Å². The highest BCUT2D eigenvalue weighted by Gasteiger charge is 2.29. The van der Waals surface area contributed by atoms with Crippen molar-refractivity contribution in [3.8, 4) is 0 Å². The van der Waals surface area contributed by atoms with E-state index in [9.17, 15) is 14.4 Å². The lowest BCUT2D eigenvalue weighted by atomic mass is 10.1. The average molecular weight is 287 g/mol. The number of rotatable bonds is 5. The third-order valence-electron chi connectivity index (χ3n) is 3.37. The number of carboxylic acid groups (broad SMARTS) is 2. The molecule has 1 unspecified atom stereocenters. The van der Waals surface area contributed by atoms with E-state index < -0.39 is 31.1 Å². The number of carbonyl (C=O) groups excluding carboxylic acids is 1. The number of hydrogen-bond donors (Lipinski definition) is 2. The molecule has 2 amide bonds. The summed E-state index contributed by atoms with van der Waals surface area (Å²) < 4.78 is 0. The largest absolute Gasteiger partial charge is 0.480 e. The van der Waals surface area contributed by atoms with Gasteiger partial charge in [0.25, 0.3) is 0 Å². The molecule has 0 saturated carbocycles. The van der Waals surface area contributed by atoms with Crippen molar-refractivity contribution >= 4 is 18.0 Å². The summed E-state index contributed by atoms with van der Waals surface area (Å²) in [6, 6.07) is -0.582. The lowest BCUT2D eigenvalue weighted by Crippen LogP contribution is -2.53. The van der Waals surface area contributed by atoms with Gasteiger partial charge in [-0.25, -0.2) is 4.79 Å². The molecule has 1 saturated heterocycles. The summed E-state index contributed by atoms with van der Waals surface area (Å²) in [5.41, 5.74) is 0. The molecular weight excluding hydrogens is 266 g/mol. The standard InChI is InChI=1S/C12H21N3O5/c1-13-5-3-4-9(6-13)14(2)12(20)15(7-10(16)17)8-11(18)19/h9H,3-8H2,1-2H3,(H,16,17)(H,18,19). The summed E-state index contributed by atoms with van der Waals surface area (Å²) in [5, 5.41) is 17.5. The monoisotopic (exact) mass is 287 g/mol. The molecule has 2 N–H and O–H groups in total. The van der Waals surface area contributed by atoms with Gasteiger partial charge in [0.2, 0.25) is 0 Å². The Morgan fingerprint density at radius 3 is 2.20 bits per heavy atom. The molecule has 114 valence electrons. The van der Waals surface area contributed by atoms with Gasteiger partial charge in [-0.2, -0.15) is 0 Å². The second kappa shape index (κ2) is 7.09. The van der Waals surface area contributed by atoms with Gasteiger partial charge < -0.3 is 24.9 Å². The molecule has 1 fully saturated rings. The van der Waals surface area contributed by atoms with Crippen molar-refractivity contribution < 1.29 is 24.6 Å². The number of carbonyl (C=O) groups is 3. The van der Waals surface area contributed by atoms with Crippen LogP contribution in [0.1, 0.15) is 12.8 Å². The summed E-state index contributed by atoms with van der Waals surface area (Å²) >= 11 is 0. The number of hydrogen-bond acceptors (Lipinski definition) is 4. The van der Waals surface area contributed by atoms with Crippen LogP contribution in [0.25, 0.3) is 0 Å². The number of piperidine rings is 1. The summed E-state index contributed by atoms with van der Waals surface area (Å²) in [5.74, 6) is -2.46. The van der Waals surface area contributed by atoms with E-state index in [1.54, 1.807) is 7.05 Å². The molecule has 0 bridgehead atoms. The van der Waals surface area contributed by atoms with Gasteiger partial charge in [-0.15, -0.1) is 0 Å². The van der Waals surface area contributed by atoms with Crippen molar-refractivity contribution in [1.82, 2.24) is 14.7 Å². The first-order valence-electron chi connectivity index (χ1n) is 6.45. The fraction of sp³-hybridized carbons (Fsp3) is 0.750. The quantitative estimate of drug-likeness (QED) is 0.713. The van der Waals surface area contributed by atoms with Crippen LogP contribution >= 0.6 is 0 Å². The van der Waals surface area contributed by atoms with Gasteiger partial charge >= 0.3 is 18.0 Å². The fourth-order valence-corrected chi connectivity index (χ4v) is 2.35. The number of aliphatic carboxylic acids is 2. The lowest BCUT2D eigenvalue weighted by molar-refractivity contribution is -0.140. The Balaban J connectivity index is 2.71. The Morgan fingerprint density at radius 2 is 1.75 bits per heavy atom. The maximum absolute atomic E-state index is 12.2. The Bertz CT molecular complexity index is 371. The first kappa shape index (κ1) is 16.2. The number of carboxylic acids is 2. The van der Waals surface area contributed by atoms with E-state index in [1.807, 2.05) is 7.05 Å². The summed E-state index contributed by atoms with van der Waals surface area (Å²) in [7, 11) is 3.54. The smallest absolute Gasteiger partial charge is 0.323 e. The molecular formula is C12H21N3O5. The normalized spacial score (nSPS) is 19.4. The van der Waals surface area contributed by atoms with Gasteiger partial charge in [0.1, 0.15) is 13.1 Å². The van der Waals surface area contributed by atoms with Crippen LogP contribution in [0.4, 0.5) is 4.79 Å². The molecule has 0 radical (unpaired) electrons. The van der Waals surface area contributed by atoms with E-state index in [0.717, 1.165) is 24.3 Å². The van der Waals surface area contributed by atoms with Gasteiger partial charge in [0, 0.05) is 19.6 Å². The van der Waals surface area contributed by atoms with E-state index >= 15 is 0 Å². The zero-order chi connectivity index (χ0) is 15.3. The van der Waals surface area contributed by atoms with Crippen LogP contribution in [0.2, 0.25) is 0 Å². The van der Waals surface area contributed by atoms with Gasteiger partial charge in [-0.05, 0) is 26.4 Å². The Hall–Kier alpha value is -1.83. The lowest BCUT2D eigenvalue weighted by Gasteiger charge is -2.37. The van der Waals surface area contributed by atoms with Crippen molar-refractivity contribution in [3.05, 3.63) is 0 Å². The predicted octanol–water partition coefficient (Wildman–Crippen LogP) is -0.396. The first-order chi connectivity index (χ1) is 9.31. The van der Waals surface area contributed by atoms with E-state index in [0.29, 0.717) is 6.54 Å². The van der Waals surface area contributed by atoms with Crippen LogP contribution in [0.3, 0.4) is 0 Å². The fourth-order valence-electron chi connectivity index (χ4n) is 2.35. The molecule has 0 aromatic heterocycles. The minimum Gasteiger partial charge on any atom is -0.480 e. The van der Waals surface area contributed by atoms with Crippen LogP contribution < -0.4 is 0 Å². The second-order valence-corrected chi connectivity index (χ2v) is 5.10. The van der Waals surface area contributed by atoms with Crippen LogP contribution in [0, 0.1) is 0 Å². The molecule has 1 atom stereocenters. The molecule has 0 aromatic rings. The van der Waals surface area contributed by atoms with Crippen LogP contribution in [0.15, 0.2) is 0 Å². The minimum absolute atomic E-state index is 0.0219. The van der Waals surface area contributed by atoms with Crippen LogP contribution in [-0.2, 0) is 9.59 Å². The summed E-state index contributed by atoms with van der Waals surface area (Å²) in [6.45, 7) is 0.443. The first-order valence-corrected chi connectivity index (χ1v) is 6.45. The molecule has 0 spiro atoms. The molecule has 20 heavy (non-hydrogen) atoms. The zero-order valence-electron chi connectivity index (χ0n) is 11.8. The molecule has 8 nitrogen and oxygen atoms in total. The Morgan fingerprint density at radius 1 is 1.20 bits per heavy atom. The van der Waals surface area contributed by atoms with Crippen molar-refractivity contribution in [1.29, 1.82) is 0 Å². The highest BCUT2D eigenvalue weighted by Crippen LogP contribution is 2.14. The SMILES string of the molecule is CN1CCCC(N(C)C(=O)N(CC(=O)O)CC(=O)O)C1. The number of likely N-dealkylation sites (N-methyl/N-ethyl adjacent to an activating group) is 2. The average Bonchev–Trinajstić information content (AvgIpc) is 2.35. The number of nitrogens with zero attached hydrogens (tertiary/aromatic N) is 3. The van der Waals surface area contributed by atoms with E-state index in [-0.39, 0.29) is 6.04 Å². The van der Waals surface area contributed by atoms with Crippen molar-refractivity contribution in [2.75, 3.05) is 40.3 Å². The summed E-state index contributed by atoms with van der Waals surface area (Å²) in [6.07, 6.45) is 1.79. The zero-order valence-corrected chi connectivity index (χ0v) is 11.8. The van der Waals surface area contributed by atoms with Gasteiger partial charge in [0.05, 0.1) is 0 Å². The minimum atomic E-state index is -1.23. The molecule has 1 aliphatic heterocycles. The maximum Gasteiger partial charge on any atom is 0.323 e. The van der Waals surface area contributed by atoms with E-state index in [2.05, 4.69) is 4.90 Å². The Kier molecular flexibility index (Phi) is 5.75. The molecule has 8 heteroatoms. The Labute approximate surface area is 117 Å². The molecule has 1 aliphatic rings. The number of likely N-dealkylation sites (tertiary alicyclic amines) is 1.